The Morgan fingerprint density at radius 1 is 0.938 bits per heavy atom. The van der Waals surface area contributed by atoms with Crippen molar-refractivity contribution in [2.75, 3.05) is 14.2 Å². The maximum atomic E-state index is 12.1. The molecule has 1 amide bonds. The summed E-state index contributed by atoms with van der Waals surface area (Å²) in [6, 6.07) is 25.7. The van der Waals surface area contributed by atoms with Gasteiger partial charge in [0.2, 0.25) is 0 Å². The Hall–Kier alpha value is -4.19. The first-order chi connectivity index (χ1) is 15.7. The van der Waals surface area contributed by atoms with Crippen molar-refractivity contribution in [1.29, 1.82) is 0 Å². The highest BCUT2D eigenvalue weighted by Crippen LogP contribution is 2.28. The molecule has 1 N–H and O–H groups in total. The van der Waals surface area contributed by atoms with Crippen molar-refractivity contribution in [3.63, 3.8) is 0 Å². The zero-order valence-corrected chi connectivity index (χ0v) is 17.9. The lowest BCUT2D eigenvalue weighted by Gasteiger charge is -2.10. The predicted molar refractivity (Wildman–Crippen MR) is 126 cm³/mol. The number of benzene rings is 3. The molecule has 0 fully saturated rings. The number of fused-ring (bicyclic) bond motifs is 2. The van der Waals surface area contributed by atoms with Gasteiger partial charge in [-0.3, -0.25) is 4.79 Å². The minimum absolute atomic E-state index is 0.135. The number of amides is 1. The smallest absolute Gasteiger partial charge is 0.251 e. The van der Waals surface area contributed by atoms with Crippen LogP contribution in [0.3, 0.4) is 0 Å². The summed E-state index contributed by atoms with van der Waals surface area (Å²) in [6.45, 7) is 0.647. The molecule has 2 heterocycles. The number of rotatable bonds is 5. The molecule has 0 radical (unpaired) electrons. The van der Waals surface area contributed by atoms with Crippen LogP contribution < -0.4 is 10.1 Å². The molecule has 0 saturated heterocycles. The molecule has 0 aliphatic rings. The lowest BCUT2D eigenvalue weighted by Crippen LogP contribution is -2.17. The van der Waals surface area contributed by atoms with Gasteiger partial charge in [0.15, 0.2) is 5.82 Å². The second-order valence-corrected chi connectivity index (χ2v) is 7.54. The molecule has 2 aromatic heterocycles. The van der Waals surface area contributed by atoms with Gasteiger partial charge in [0.05, 0.1) is 23.7 Å². The SMILES string of the molecule is CNC(=O)c1ccc2c(c1)nc(-c1ccc3cc(OC)ccc3n1)n2Cc1ccccc1. The van der Waals surface area contributed by atoms with Crippen molar-refractivity contribution >= 4 is 27.8 Å². The molecular weight excluding hydrogens is 400 g/mol. The molecule has 6 nitrogen and oxygen atoms in total. The van der Waals surface area contributed by atoms with Crippen LogP contribution in [0.15, 0.2) is 78.9 Å². The molecule has 5 rings (SSSR count). The Kier molecular flexibility index (Phi) is 5.03. The van der Waals surface area contributed by atoms with Crippen molar-refractivity contribution < 1.29 is 9.53 Å². The van der Waals surface area contributed by atoms with Crippen LogP contribution in [0, 0.1) is 0 Å². The largest absolute Gasteiger partial charge is 0.497 e. The van der Waals surface area contributed by atoms with E-state index >= 15 is 0 Å². The summed E-state index contributed by atoms with van der Waals surface area (Å²) in [5.41, 5.74) is 5.09. The van der Waals surface area contributed by atoms with Crippen molar-refractivity contribution in [3.05, 3.63) is 90.0 Å². The average molecular weight is 422 g/mol. The van der Waals surface area contributed by atoms with Gasteiger partial charge < -0.3 is 14.6 Å². The monoisotopic (exact) mass is 422 g/mol. The summed E-state index contributed by atoms with van der Waals surface area (Å²) >= 11 is 0. The van der Waals surface area contributed by atoms with Gasteiger partial charge in [0.25, 0.3) is 5.91 Å². The summed E-state index contributed by atoms with van der Waals surface area (Å²) in [4.78, 5) is 21.9. The van der Waals surface area contributed by atoms with Crippen LogP contribution in [0.4, 0.5) is 0 Å². The van der Waals surface area contributed by atoms with Crippen LogP contribution in [0.2, 0.25) is 0 Å². The Bertz CT molecular complexity index is 1440. The van der Waals surface area contributed by atoms with Gasteiger partial charge in [0.1, 0.15) is 11.4 Å². The maximum absolute atomic E-state index is 12.1. The number of carbonyl (C=O) groups is 1. The second kappa shape index (κ2) is 8.15. The third-order valence-electron chi connectivity index (χ3n) is 5.55. The van der Waals surface area contributed by atoms with Crippen LogP contribution in [0.5, 0.6) is 5.75 Å². The third kappa shape index (κ3) is 3.56. The zero-order valence-electron chi connectivity index (χ0n) is 17.9. The normalized spacial score (nSPS) is 11.1. The lowest BCUT2D eigenvalue weighted by molar-refractivity contribution is 0.0963. The Morgan fingerprint density at radius 3 is 2.56 bits per heavy atom. The number of ether oxygens (including phenoxy) is 1. The van der Waals surface area contributed by atoms with E-state index in [1.165, 1.54) is 0 Å². The van der Waals surface area contributed by atoms with E-state index in [-0.39, 0.29) is 5.91 Å². The zero-order chi connectivity index (χ0) is 22.1. The van der Waals surface area contributed by atoms with E-state index in [0.717, 1.165) is 44.8 Å². The first-order valence-corrected chi connectivity index (χ1v) is 10.4. The van der Waals surface area contributed by atoms with E-state index in [2.05, 4.69) is 22.0 Å². The van der Waals surface area contributed by atoms with Crippen LogP contribution in [0.1, 0.15) is 15.9 Å². The summed E-state index contributed by atoms with van der Waals surface area (Å²) in [5.74, 6) is 1.42. The van der Waals surface area contributed by atoms with E-state index in [0.29, 0.717) is 12.1 Å². The number of hydrogen-bond donors (Lipinski definition) is 1. The highest BCUT2D eigenvalue weighted by molar-refractivity contribution is 5.97. The summed E-state index contributed by atoms with van der Waals surface area (Å²) in [7, 11) is 3.28. The summed E-state index contributed by atoms with van der Waals surface area (Å²) < 4.78 is 7.47. The molecule has 158 valence electrons. The van der Waals surface area contributed by atoms with Gasteiger partial charge in [-0.2, -0.15) is 0 Å². The number of methoxy groups -OCH3 is 1. The summed E-state index contributed by atoms with van der Waals surface area (Å²) in [6.07, 6.45) is 0. The van der Waals surface area contributed by atoms with Gasteiger partial charge in [-0.15, -0.1) is 0 Å². The van der Waals surface area contributed by atoms with Crippen LogP contribution >= 0.6 is 0 Å². The predicted octanol–water partition coefficient (Wildman–Crippen LogP) is 4.67. The lowest BCUT2D eigenvalue weighted by atomic mass is 10.1. The van der Waals surface area contributed by atoms with E-state index < -0.39 is 0 Å². The van der Waals surface area contributed by atoms with Gasteiger partial charge in [0, 0.05) is 24.5 Å². The maximum Gasteiger partial charge on any atom is 0.251 e. The average Bonchev–Trinajstić information content (AvgIpc) is 3.20. The minimum Gasteiger partial charge on any atom is -0.497 e. The first kappa shape index (κ1) is 19.8. The molecule has 6 heteroatoms. The molecule has 0 atom stereocenters. The number of carbonyl (C=O) groups excluding carboxylic acids is 1. The molecule has 0 aliphatic heterocycles. The standard InChI is InChI=1S/C26H22N4O2/c1-27-26(31)19-9-13-24-23(15-19)29-25(30(24)16-17-6-4-3-5-7-17)22-11-8-18-14-20(32-2)10-12-21(18)28-22/h3-15H,16H2,1-2H3,(H,27,31). The van der Waals surface area contributed by atoms with E-state index in [4.69, 9.17) is 14.7 Å². The molecule has 0 unspecified atom stereocenters. The van der Waals surface area contributed by atoms with Crippen molar-refractivity contribution in [1.82, 2.24) is 19.9 Å². The Balaban J connectivity index is 1.68. The molecule has 5 aromatic rings. The van der Waals surface area contributed by atoms with Crippen molar-refractivity contribution in [3.8, 4) is 17.3 Å². The molecule has 0 bridgehead atoms. The molecule has 0 spiro atoms. The Morgan fingerprint density at radius 2 is 1.78 bits per heavy atom. The Labute approximate surface area is 185 Å². The van der Waals surface area contributed by atoms with Gasteiger partial charge in [-0.1, -0.05) is 36.4 Å². The third-order valence-corrected chi connectivity index (χ3v) is 5.55. The van der Waals surface area contributed by atoms with E-state index in [1.54, 1.807) is 14.2 Å². The van der Waals surface area contributed by atoms with Gasteiger partial charge >= 0.3 is 0 Å². The number of aromatic nitrogens is 3. The molecular formula is C26H22N4O2. The topological polar surface area (TPSA) is 69.0 Å². The molecule has 32 heavy (non-hydrogen) atoms. The highest BCUT2D eigenvalue weighted by atomic mass is 16.5. The fourth-order valence-corrected chi connectivity index (χ4v) is 3.89. The number of nitrogens with zero attached hydrogens (tertiary/aromatic N) is 3. The molecule has 0 saturated carbocycles. The van der Waals surface area contributed by atoms with Crippen molar-refractivity contribution in [2.45, 2.75) is 6.54 Å². The number of hydrogen-bond acceptors (Lipinski definition) is 4. The van der Waals surface area contributed by atoms with E-state index in [9.17, 15) is 4.79 Å². The minimum atomic E-state index is -0.135. The fraction of sp³-hybridized carbons (Fsp3) is 0.115. The number of imidazole rings is 1. The number of nitrogens with one attached hydrogen (secondary N) is 1. The molecule has 0 aliphatic carbocycles. The summed E-state index contributed by atoms with van der Waals surface area (Å²) in [5, 5.41) is 3.67. The quantitative estimate of drug-likeness (QED) is 0.447. The number of pyridine rings is 1. The van der Waals surface area contributed by atoms with E-state index in [1.807, 2.05) is 66.7 Å². The van der Waals surface area contributed by atoms with Gasteiger partial charge in [-0.25, -0.2) is 9.97 Å². The fourth-order valence-electron chi connectivity index (χ4n) is 3.89. The molecule has 3 aromatic carbocycles. The van der Waals surface area contributed by atoms with Crippen LogP contribution in [0.25, 0.3) is 33.5 Å². The van der Waals surface area contributed by atoms with Crippen LogP contribution in [-0.4, -0.2) is 34.6 Å². The highest BCUT2D eigenvalue weighted by Gasteiger charge is 2.16. The van der Waals surface area contributed by atoms with Gasteiger partial charge in [-0.05, 0) is 48.0 Å². The first-order valence-electron chi connectivity index (χ1n) is 10.4. The van der Waals surface area contributed by atoms with Crippen LogP contribution in [-0.2, 0) is 6.54 Å². The van der Waals surface area contributed by atoms with Crippen molar-refractivity contribution in [2.24, 2.45) is 0 Å². The second-order valence-electron chi connectivity index (χ2n) is 7.54.